The molecule has 9 heteroatoms. The van der Waals surface area contributed by atoms with Crippen molar-refractivity contribution >= 4 is 46.0 Å². The summed E-state index contributed by atoms with van der Waals surface area (Å²) in [6.07, 6.45) is 0.785. The van der Waals surface area contributed by atoms with Crippen molar-refractivity contribution in [3.63, 3.8) is 0 Å². The van der Waals surface area contributed by atoms with Crippen molar-refractivity contribution in [1.82, 2.24) is 24.5 Å². The first kappa shape index (κ1) is 18.7. The Bertz CT molecular complexity index is 1030. The summed E-state index contributed by atoms with van der Waals surface area (Å²) in [6.45, 7) is 6.35. The molecule has 26 heavy (non-hydrogen) atoms. The molecule has 0 bridgehead atoms. The molecule has 1 aromatic carbocycles. The van der Waals surface area contributed by atoms with Crippen LogP contribution in [0.2, 0.25) is 5.02 Å². The Morgan fingerprint density at radius 2 is 2.12 bits per heavy atom. The van der Waals surface area contributed by atoms with Crippen LogP contribution in [0.3, 0.4) is 0 Å². The summed E-state index contributed by atoms with van der Waals surface area (Å²) in [5.41, 5.74) is 0.539. The molecule has 3 rings (SSSR count). The molecule has 7 nitrogen and oxygen atoms in total. The highest BCUT2D eigenvalue weighted by Gasteiger charge is 2.17. The molecule has 138 valence electrons. The van der Waals surface area contributed by atoms with Gasteiger partial charge in [-0.25, -0.2) is 0 Å². The third kappa shape index (κ3) is 3.57. The monoisotopic (exact) mass is 393 g/mol. The Labute approximate surface area is 159 Å². The number of benzene rings is 1. The number of amides is 1. The van der Waals surface area contributed by atoms with E-state index in [2.05, 4.69) is 15.5 Å². The van der Waals surface area contributed by atoms with E-state index in [1.165, 1.54) is 11.8 Å². The first-order chi connectivity index (χ1) is 12.4. The highest BCUT2D eigenvalue weighted by molar-refractivity contribution is 7.99. The summed E-state index contributed by atoms with van der Waals surface area (Å²) >= 11 is 7.38. The Morgan fingerprint density at radius 3 is 2.81 bits per heavy atom. The minimum absolute atomic E-state index is 0.0732. The van der Waals surface area contributed by atoms with E-state index in [0.29, 0.717) is 33.4 Å². The molecule has 2 heterocycles. The van der Waals surface area contributed by atoms with Crippen molar-refractivity contribution < 1.29 is 4.79 Å². The number of nitrogens with zero attached hydrogens (tertiary/aromatic N) is 4. The van der Waals surface area contributed by atoms with Crippen molar-refractivity contribution in [3.05, 3.63) is 33.6 Å². The van der Waals surface area contributed by atoms with Crippen LogP contribution < -0.4 is 10.9 Å². The van der Waals surface area contributed by atoms with Gasteiger partial charge in [0.05, 0.1) is 16.7 Å². The highest BCUT2D eigenvalue weighted by Crippen LogP contribution is 2.23. The number of carbonyl (C=O) groups excluding carboxylic acids is 1. The average Bonchev–Trinajstić information content (AvgIpc) is 3.00. The number of carbonyl (C=O) groups is 1. The van der Waals surface area contributed by atoms with Crippen LogP contribution in [0, 0.1) is 0 Å². The standard InChI is InChI=1S/C17H20ClN5O2S/c1-4-7-22-15(25)12-8-11(18)5-6-13(12)23-16(22)20-21-17(23)26-9-14(24)19-10(2)3/h5-6,8,10H,4,7,9H2,1-3H3,(H,19,24). The number of aryl methyl sites for hydroxylation is 1. The van der Waals surface area contributed by atoms with Gasteiger partial charge < -0.3 is 5.32 Å². The van der Waals surface area contributed by atoms with E-state index < -0.39 is 0 Å². The van der Waals surface area contributed by atoms with E-state index in [0.717, 1.165) is 6.42 Å². The maximum absolute atomic E-state index is 12.8. The predicted molar refractivity (Wildman–Crippen MR) is 104 cm³/mol. The summed E-state index contributed by atoms with van der Waals surface area (Å²) in [7, 11) is 0. The van der Waals surface area contributed by atoms with E-state index in [-0.39, 0.29) is 23.3 Å². The molecule has 0 aliphatic rings. The average molecular weight is 394 g/mol. The quantitative estimate of drug-likeness (QED) is 0.651. The molecule has 3 aromatic rings. The molecule has 0 saturated carbocycles. The lowest BCUT2D eigenvalue weighted by atomic mass is 10.2. The highest BCUT2D eigenvalue weighted by atomic mass is 35.5. The molecule has 0 unspecified atom stereocenters. The third-order valence-corrected chi connectivity index (χ3v) is 4.93. The van der Waals surface area contributed by atoms with E-state index in [9.17, 15) is 9.59 Å². The summed E-state index contributed by atoms with van der Waals surface area (Å²) in [6, 6.07) is 5.25. The molecular formula is C17H20ClN5O2S. The summed E-state index contributed by atoms with van der Waals surface area (Å²) < 4.78 is 3.42. The fourth-order valence-electron chi connectivity index (χ4n) is 2.77. The van der Waals surface area contributed by atoms with Gasteiger partial charge in [0.2, 0.25) is 11.7 Å². The van der Waals surface area contributed by atoms with Crippen molar-refractivity contribution in [1.29, 1.82) is 0 Å². The van der Waals surface area contributed by atoms with Gasteiger partial charge in [0.25, 0.3) is 5.56 Å². The van der Waals surface area contributed by atoms with Gasteiger partial charge in [-0.15, -0.1) is 10.2 Å². The number of halogens is 1. The molecule has 0 aliphatic heterocycles. The molecule has 1 N–H and O–H groups in total. The topological polar surface area (TPSA) is 81.3 Å². The smallest absolute Gasteiger partial charge is 0.262 e. The second-order valence-corrected chi connectivity index (χ2v) is 7.63. The largest absolute Gasteiger partial charge is 0.353 e. The van der Waals surface area contributed by atoms with Crippen LogP contribution >= 0.6 is 23.4 Å². The van der Waals surface area contributed by atoms with Gasteiger partial charge in [-0.1, -0.05) is 30.3 Å². The number of rotatable bonds is 6. The number of aromatic nitrogens is 4. The zero-order chi connectivity index (χ0) is 18.8. The SMILES string of the molecule is CCCn1c(=O)c2cc(Cl)ccc2n2c(SCC(=O)NC(C)C)nnc12. The zero-order valence-corrected chi connectivity index (χ0v) is 16.4. The molecular weight excluding hydrogens is 374 g/mol. The van der Waals surface area contributed by atoms with E-state index in [1.807, 2.05) is 25.2 Å². The van der Waals surface area contributed by atoms with Crippen LogP contribution in [0.15, 0.2) is 28.2 Å². The van der Waals surface area contributed by atoms with Gasteiger partial charge in [0.15, 0.2) is 5.16 Å². The molecule has 0 radical (unpaired) electrons. The molecule has 0 aliphatic carbocycles. The van der Waals surface area contributed by atoms with E-state index in [4.69, 9.17) is 11.6 Å². The number of fused-ring (bicyclic) bond motifs is 3. The summed E-state index contributed by atoms with van der Waals surface area (Å²) in [5, 5.41) is 12.8. The maximum Gasteiger partial charge on any atom is 0.262 e. The van der Waals surface area contributed by atoms with Gasteiger partial charge in [-0.05, 0) is 38.5 Å². The van der Waals surface area contributed by atoms with Gasteiger partial charge in [-0.3, -0.25) is 18.6 Å². The molecule has 0 fully saturated rings. The lowest BCUT2D eigenvalue weighted by Gasteiger charge is -2.11. The second kappa shape index (κ2) is 7.67. The van der Waals surface area contributed by atoms with Crippen molar-refractivity contribution in [2.75, 3.05) is 5.75 Å². The number of hydrogen-bond acceptors (Lipinski definition) is 5. The van der Waals surface area contributed by atoms with Crippen LogP contribution in [0.25, 0.3) is 16.7 Å². The number of hydrogen-bond donors (Lipinski definition) is 1. The molecule has 2 aromatic heterocycles. The van der Waals surface area contributed by atoms with Crippen LogP contribution in [0.4, 0.5) is 0 Å². The van der Waals surface area contributed by atoms with E-state index >= 15 is 0 Å². The molecule has 0 saturated heterocycles. The number of thioether (sulfide) groups is 1. The predicted octanol–water partition coefficient (Wildman–Crippen LogP) is 2.72. The Kier molecular flexibility index (Phi) is 5.52. The number of nitrogens with one attached hydrogen (secondary N) is 1. The molecule has 0 atom stereocenters. The minimum Gasteiger partial charge on any atom is -0.353 e. The first-order valence-corrected chi connectivity index (χ1v) is 9.78. The van der Waals surface area contributed by atoms with E-state index in [1.54, 1.807) is 22.8 Å². The normalized spacial score (nSPS) is 11.6. The van der Waals surface area contributed by atoms with Crippen molar-refractivity contribution in [2.45, 2.75) is 44.9 Å². The fraction of sp³-hybridized carbons (Fsp3) is 0.412. The van der Waals surface area contributed by atoms with Crippen LogP contribution in [-0.2, 0) is 11.3 Å². The van der Waals surface area contributed by atoms with Gasteiger partial charge in [0, 0.05) is 17.6 Å². The molecule has 1 amide bonds. The minimum atomic E-state index is -0.140. The molecule has 0 spiro atoms. The first-order valence-electron chi connectivity index (χ1n) is 8.41. The fourth-order valence-corrected chi connectivity index (χ4v) is 3.69. The summed E-state index contributed by atoms with van der Waals surface area (Å²) in [5.74, 6) is 0.621. The van der Waals surface area contributed by atoms with Gasteiger partial charge in [-0.2, -0.15) is 0 Å². The zero-order valence-electron chi connectivity index (χ0n) is 14.8. The Balaban J connectivity index is 2.13. The van der Waals surface area contributed by atoms with Crippen LogP contribution in [0.1, 0.15) is 27.2 Å². The van der Waals surface area contributed by atoms with Crippen LogP contribution in [-0.4, -0.2) is 36.9 Å². The summed E-state index contributed by atoms with van der Waals surface area (Å²) in [4.78, 5) is 24.8. The van der Waals surface area contributed by atoms with Crippen molar-refractivity contribution in [2.24, 2.45) is 0 Å². The van der Waals surface area contributed by atoms with Gasteiger partial charge >= 0.3 is 0 Å². The van der Waals surface area contributed by atoms with Gasteiger partial charge in [0.1, 0.15) is 0 Å². The Hall–Kier alpha value is -2.06. The van der Waals surface area contributed by atoms with Crippen molar-refractivity contribution in [3.8, 4) is 0 Å². The van der Waals surface area contributed by atoms with Crippen LogP contribution in [0.5, 0.6) is 0 Å². The second-order valence-electron chi connectivity index (χ2n) is 6.25. The Morgan fingerprint density at radius 1 is 1.35 bits per heavy atom. The third-order valence-electron chi connectivity index (χ3n) is 3.76. The lowest BCUT2D eigenvalue weighted by Crippen LogP contribution is -2.31. The lowest BCUT2D eigenvalue weighted by molar-refractivity contribution is -0.119. The maximum atomic E-state index is 12.8.